The lowest BCUT2D eigenvalue weighted by Crippen LogP contribution is -2.51. The van der Waals surface area contributed by atoms with Crippen LogP contribution < -0.4 is 5.32 Å². The number of hydrogen-bond donors (Lipinski definition) is 2. The van der Waals surface area contributed by atoms with Crippen molar-refractivity contribution in [1.82, 2.24) is 5.32 Å². The molecule has 0 saturated heterocycles. The molecular weight excluding hydrogens is 130 g/mol. The van der Waals surface area contributed by atoms with Crippen molar-refractivity contribution in [1.29, 1.82) is 5.41 Å². The highest BCUT2D eigenvalue weighted by atomic mass is 16.2. The van der Waals surface area contributed by atoms with E-state index >= 15 is 0 Å². The van der Waals surface area contributed by atoms with Crippen molar-refractivity contribution in [2.45, 2.75) is 0 Å². The Kier molecular flexibility index (Phi) is 1.33. The molecule has 0 aromatic heterocycles. The normalized spacial score (nSPS) is 22.6. The van der Waals surface area contributed by atoms with E-state index in [9.17, 15) is 4.79 Å². The predicted molar refractivity (Wildman–Crippen MR) is 37.5 cm³/mol. The number of urea groups is 1. The van der Waals surface area contributed by atoms with Gasteiger partial charge in [-0.1, -0.05) is 0 Å². The highest BCUT2D eigenvalue weighted by Crippen LogP contribution is 2.03. The molecule has 0 spiro atoms. The lowest BCUT2D eigenvalue weighted by atomic mass is 10.4. The van der Waals surface area contributed by atoms with Crippen molar-refractivity contribution in [2.24, 2.45) is 0 Å². The highest BCUT2D eigenvalue weighted by Gasteiger charge is 2.27. The number of nitrogens with zero attached hydrogens (tertiary/aromatic N) is 1. The molecule has 2 amide bonds. The van der Waals surface area contributed by atoms with Crippen LogP contribution in [0.1, 0.15) is 0 Å². The Morgan fingerprint density at radius 2 is 2.20 bits per heavy atom. The number of carbonyl (C=O) groups excluding carboxylic acids is 1. The molecule has 0 aromatic carbocycles. The molecule has 4 nitrogen and oxygen atoms in total. The zero-order chi connectivity index (χ0) is 7.78. The predicted octanol–water partition coefficient (Wildman–Crippen LogP) is 0.277. The average molecular weight is 140 g/mol. The molecule has 0 fully saturated rings. The lowest BCUT2D eigenvalue weighted by molar-refractivity contribution is -0.753. The third-order valence-electron chi connectivity index (χ3n) is 1.38. The first-order valence-electron chi connectivity index (χ1n) is 2.95. The Bertz CT molecular complexity index is 217. The van der Waals surface area contributed by atoms with Gasteiger partial charge in [0.25, 0.3) is 0 Å². The number of hydrogen-bond acceptors (Lipinski definition) is 2. The molecule has 0 aromatic rings. The van der Waals surface area contributed by atoms with Crippen LogP contribution in [0.15, 0.2) is 12.3 Å². The van der Waals surface area contributed by atoms with Crippen LogP contribution in [0.25, 0.3) is 0 Å². The molecule has 54 valence electrons. The molecular formula is C6H10N3O+. The first-order chi connectivity index (χ1) is 4.52. The summed E-state index contributed by atoms with van der Waals surface area (Å²) in [6, 6.07) is -0.174. The van der Waals surface area contributed by atoms with Crippen LogP contribution in [0.4, 0.5) is 4.79 Å². The van der Waals surface area contributed by atoms with E-state index < -0.39 is 0 Å². The Labute approximate surface area is 59.2 Å². The van der Waals surface area contributed by atoms with Gasteiger partial charge in [-0.15, -0.1) is 0 Å². The fraction of sp³-hybridized carbons (Fsp3) is 0.333. The van der Waals surface area contributed by atoms with Gasteiger partial charge in [-0.05, 0) is 0 Å². The molecule has 0 aliphatic carbocycles. The fourth-order valence-corrected chi connectivity index (χ4v) is 0.630. The molecule has 1 rings (SSSR count). The Morgan fingerprint density at radius 3 is 2.60 bits per heavy atom. The van der Waals surface area contributed by atoms with E-state index in [-0.39, 0.29) is 16.3 Å². The standard InChI is InChI=1S/C6H9N3O/c1-9(2)4-3-5(7)8-6(9)10/h3-4H,1-2H3,(H-,7,8,10)/p+1. The van der Waals surface area contributed by atoms with Crippen LogP contribution in [-0.2, 0) is 0 Å². The van der Waals surface area contributed by atoms with E-state index in [0.717, 1.165) is 0 Å². The summed E-state index contributed by atoms with van der Waals surface area (Å²) in [6.45, 7) is 0. The summed E-state index contributed by atoms with van der Waals surface area (Å²) in [7, 11) is 3.50. The Balaban J connectivity index is 2.93. The van der Waals surface area contributed by atoms with Crippen LogP contribution in [-0.4, -0.2) is 30.4 Å². The molecule has 0 radical (unpaired) electrons. The molecule has 4 heteroatoms. The summed E-state index contributed by atoms with van der Waals surface area (Å²) in [5, 5.41) is 9.47. The molecule has 1 heterocycles. The molecule has 1 aliphatic heterocycles. The summed E-state index contributed by atoms with van der Waals surface area (Å²) >= 11 is 0. The van der Waals surface area contributed by atoms with Gasteiger partial charge < -0.3 is 0 Å². The summed E-state index contributed by atoms with van der Waals surface area (Å²) < 4.78 is 0.155. The van der Waals surface area contributed by atoms with Crippen LogP contribution in [0.5, 0.6) is 0 Å². The molecule has 0 bridgehead atoms. The zero-order valence-corrected chi connectivity index (χ0v) is 6.01. The number of carbonyl (C=O) groups is 1. The number of rotatable bonds is 0. The second-order valence-corrected chi connectivity index (χ2v) is 2.70. The minimum absolute atomic E-state index is 0.155. The maximum absolute atomic E-state index is 11.0. The van der Waals surface area contributed by atoms with Crippen LogP contribution in [0.2, 0.25) is 0 Å². The van der Waals surface area contributed by atoms with Crippen LogP contribution in [0.3, 0.4) is 0 Å². The van der Waals surface area contributed by atoms with Gasteiger partial charge in [0, 0.05) is 6.08 Å². The lowest BCUT2D eigenvalue weighted by Gasteiger charge is -2.24. The Hall–Kier alpha value is -1.16. The summed E-state index contributed by atoms with van der Waals surface area (Å²) in [5.74, 6) is 0.155. The summed E-state index contributed by atoms with van der Waals surface area (Å²) in [6.07, 6.45) is 3.24. The molecule has 0 unspecified atom stereocenters. The first kappa shape index (κ1) is 6.95. The van der Waals surface area contributed by atoms with Crippen molar-refractivity contribution < 1.29 is 9.28 Å². The molecule has 10 heavy (non-hydrogen) atoms. The smallest absolute Gasteiger partial charge is 0.284 e. The Morgan fingerprint density at radius 1 is 1.60 bits per heavy atom. The van der Waals surface area contributed by atoms with Crippen molar-refractivity contribution in [3.8, 4) is 0 Å². The van der Waals surface area contributed by atoms with Crippen molar-refractivity contribution in [2.75, 3.05) is 14.1 Å². The second-order valence-electron chi connectivity index (χ2n) is 2.70. The summed E-state index contributed by atoms with van der Waals surface area (Å²) in [4.78, 5) is 11.0. The summed E-state index contributed by atoms with van der Waals surface area (Å²) in [5.41, 5.74) is 0. The molecule has 1 aliphatic rings. The van der Waals surface area contributed by atoms with Gasteiger partial charge in [0.1, 0.15) is 12.0 Å². The van der Waals surface area contributed by atoms with Crippen molar-refractivity contribution >= 4 is 11.9 Å². The quantitative estimate of drug-likeness (QED) is 0.466. The number of amidine groups is 1. The highest BCUT2D eigenvalue weighted by molar-refractivity contribution is 6.01. The minimum Gasteiger partial charge on any atom is -0.284 e. The van der Waals surface area contributed by atoms with Crippen LogP contribution >= 0.6 is 0 Å². The fourth-order valence-electron chi connectivity index (χ4n) is 0.630. The van der Waals surface area contributed by atoms with E-state index in [0.29, 0.717) is 0 Å². The SMILES string of the molecule is C[N+]1(C)C=CC(=N)NC1=O. The van der Waals surface area contributed by atoms with E-state index in [1.54, 1.807) is 26.4 Å². The van der Waals surface area contributed by atoms with Gasteiger partial charge in [0.05, 0.1) is 14.1 Å². The third kappa shape index (κ3) is 1.06. The van der Waals surface area contributed by atoms with Crippen molar-refractivity contribution in [3.63, 3.8) is 0 Å². The van der Waals surface area contributed by atoms with E-state index in [1.165, 1.54) is 0 Å². The maximum atomic E-state index is 11.0. The molecule has 0 saturated carbocycles. The number of quaternary nitrogens is 1. The molecule has 2 N–H and O–H groups in total. The topological polar surface area (TPSA) is 53.0 Å². The number of amides is 2. The number of nitrogens with one attached hydrogen (secondary N) is 2. The van der Waals surface area contributed by atoms with Crippen molar-refractivity contribution in [3.05, 3.63) is 12.3 Å². The van der Waals surface area contributed by atoms with Gasteiger partial charge >= 0.3 is 6.03 Å². The van der Waals surface area contributed by atoms with Gasteiger partial charge in [-0.2, -0.15) is 0 Å². The monoisotopic (exact) mass is 140 g/mol. The first-order valence-corrected chi connectivity index (χ1v) is 2.95. The molecule has 0 atom stereocenters. The van der Waals surface area contributed by atoms with Crippen LogP contribution in [0, 0.1) is 5.41 Å². The average Bonchev–Trinajstić information content (AvgIpc) is 1.81. The van der Waals surface area contributed by atoms with E-state index in [2.05, 4.69) is 5.32 Å². The van der Waals surface area contributed by atoms with E-state index in [4.69, 9.17) is 5.41 Å². The second kappa shape index (κ2) is 1.91. The zero-order valence-electron chi connectivity index (χ0n) is 6.01. The maximum Gasteiger partial charge on any atom is 0.426 e. The van der Waals surface area contributed by atoms with Gasteiger partial charge in [-0.25, -0.2) is 9.28 Å². The minimum atomic E-state index is -0.174. The van der Waals surface area contributed by atoms with Gasteiger partial charge in [0.2, 0.25) is 0 Å². The largest absolute Gasteiger partial charge is 0.426 e. The van der Waals surface area contributed by atoms with E-state index in [1.807, 2.05) is 0 Å². The third-order valence-corrected chi connectivity index (χ3v) is 1.38. The van der Waals surface area contributed by atoms with Gasteiger partial charge in [0.15, 0.2) is 0 Å². The van der Waals surface area contributed by atoms with Gasteiger partial charge in [-0.3, -0.25) is 10.7 Å².